The van der Waals surface area contributed by atoms with Crippen molar-refractivity contribution < 1.29 is 14.7 Å². The van der Waals surface area contributed by atoms with Crippen LogP contribution in [-0.4, -0.2) is 77.6 Å². The Labute approximate surface area is 107 Å². The highest BCUT2D eigenvalue weighted by atomic mass is 16.4. The molecule has 2 saturated heterocycles. The van der Waals surface area contributed by atoms with Gasteiger partial charge in [0.15, 0.2) is 0 Å². The SMILES string of the molecule is CN(CCC(=O)O)C(=O)N1CCN2CCCC2C1. The third-order valence-electron chi connectivity index (χ3n) is 3.85. The maximum absolute atomic E-state index is 12.1. The molecule has 0 aromatic rings. The molecule has 102 valence electrons. The molecule has 1 unspecified atom stereocenters. The fraction of sp³-hybridized carbons (Fsp3) is 0.833. The van der Waals surface area contributed by atoms with Crippen LogP contribution in [0.3, 0.4) is 0 Å². The summed E-state index contributed by atoms with van der Waals surface area (Å²) in [6.07, 6.45) is 2.40. The molecule has 2 aliphatic rings. The van der Waals surface area contributed by atoms with Gasteiger partial charge in [0.2, 0.25) is 0 Å². The lowest BCUT2D eigenvalue weighted by Gasteiger charge is -2.39. The summed E-state index contributed by atoms with van der Waals surface area (Å²) in [6.45, 7) is 3.92. The van der Waals surface area contributed by atoms with E-state index < -0.39 is 5.97 Å². The molecule has 0 aromatic heterocycles. The van der Waals surface area contributed by atoms with Gasteiger partial charge in [0.1, 0.15) is 0 Å². The molecule has 1 N–H and O–H groups in total. The van der Waals surface area contributed by atoms with Gasteiger partial charge in [-0.15, -0.1) is 0 Å². The lowest BCUT2D eigenvalue weighted by molar-refractivity contribution is -0.137. The Kier molecular flexibility index (Phi) is 4.06. The minimum atomic E-state index is -0.865. The number of fused-ring (bicyclic) bond motifs is 1. The molecule has 2 amide bonds. The minimum absolute atomic E-state index is 0.00559. The normalized spacial score (nSPS) is 23.8. The van der Waals surface area contributed by atoms with Crippen molar-refractivity contribution in [1.82, 2.24) is 14.7 Å². The molecule has 2 fully saturated rings. The first kappa shape index (κ1) is 13.1. The first-order chi connectivity index (χ1) is 8.58. The number of nitrogens with zero attached hydrogens (tertiary/aromatic N) is 3. The van der Waals surface area contributed by atoms with Crippen LogP contribution in [0.15, 0.2) is 0 Å². The number of aliphatic carboxylic acids is 1. The van der Waals surface area contributed by atoms with Gasteiger partial charge >= 0.3 is 12.0 Å². The van der Waals surface area contributed by atoms with Crippen LogP contribution in [0, 0.1) is 0 Å². The molecule has 0 spiro atoms. The van der Waals surface area contributed by atoms with E-state index in [9.17, 15) is 9.59 Å². The number of piperazine rings is 1. The number of carboxylic acids is 1. The van der Waals surface area contributed by atoms with Crippen LogP contribution in [0.25, 0.3) is 0 Å². The first-order valence-corrected chi connectivity index (χ1v) is 6.54. The van der Waals surface area contributed by atoms with E-state index in [1.807, 2.05) is 4.90 Å². The van der Waals surface area contributed by atoms with Crippen molar-refractivity contribution in [3.8, 4) is 0 Å². The van der Waals surface area contributed by atoms with Crippen LogP contribution in [0.2, 0.25) is 0 Å². The van der Waals surface area contributed by atoms with Gasteiger partial charge < -0.3 is 14.9 Å². The zero-order chi connectivity index (χ0) is 13.1. The number of carboxylic acid groups (broad SMARTS) is 1. The van der Waals surface area contributed by atoms with E-state index in [4.69, 9.17) is 5.11 Å². The van der Waals surface area contributed by atoms with Crippen LogP contribution < -0.4 is 0 Å². The Morgan fingerprint density at radius 3 is 2.83 bits per heavy atom. The third-order valence-corrected chi connectivity index (χ3v) is 3.85. The van der Waals surface area contributed by atoms with Gasteiger partial charge in [0.25, 0.3) is 0 Å². The number of urea groups is 1. The summed E-state index contributed by atoms with van der Waals surface area (Å²) < 4.78 is 0. The predicted molar refractivity (Wildman–Crippen MR) is 66.4 cm³/mol. The van der Waals surface area contributed by atoms with Crippen LogP contribution in [0.4, 0.5) is 4.79 Å². The number of hydrogen-bond donors (Lipinski definition) is 1. The molecule has 0 saturated carbocycles. The van der Waals surface area contributed by atoms with Gasteiger partial charge in [0.05, 0.1) is 6.42 Å². The molecule has 0 aromatic carbocycles. The van der Waals surface area contributed by atoms with Crippen molar-refractivity contribution in [2.45, 2.75) is 25.3 Å². The van der Waals surface area contributed by atoms with Gasteiger partial charge in [-0.1, -0.05) is 0 Å². The van der Waals surface area contributed by atoms with Crippen LogP contribution >= 0.6 is 0 Å². The second kappa shape index (κ2) is 5.56. The van der Waals surface area contributed by atoms with Crippen molar-refractivity contribution in [2.75, 3.05) is 39.8 Å². The maximum Gasteiger partial charge on any atom is 0.319 e. The summed E-state index contributed by atoms with van der Waals surface area (Å²) in [5.41, 5.74) is 0. The van der Waals surface area contributed by atoms with Crippen molar-refractivity contribution in [1.29, 1.82) is 0 Å². The van der Waals surface area contributed by atoms with E-state index >= 15 is 0 Å². The van der Waals surface area contributed by atoms with Gasteiger partial charge in [-0.3, -0.25) is 9.69 Å². The highest BCUT2D eigenvalue weighted by Gasteiger charge is 2.33. The average molecular weight is 255 g/mol. The second-order valence-corrected chi connectivity index (χ2v) is 5.13. The molecule has 0 bridgehead atoms. The predicted octanol–water partition coefficient (Wildman–Crippen LogP) is 0.293. The summed E-state index contributed by atoms with van der Waals surface area (Å²) in [5, 5.41) is 8.62. The number of amides is 2. The largest absolute Gasteiger partial charge is 0.481 e. The topological polar surface area (TPSA) is 64.1 Å². The molecule has 2 aliphatic heterocycles. The molecule has 1 atom stereocenters. The molecule has 2 heterocycles. The van der Waals surface area contributed by atoms with Gasteiger partial charge in [0, 0.05) is 39.3 Å². The highest BCUT2D eigenvalue weighted by Crippen LogP contribution is 2.21. The lowest BCUT2D eigenvalue weighted by atomic mass is 10.1. The molecule has 6 nitrogen and oxygen atoms in total. The van der Waals surface area contributed by atoms with Crippen LogP contribution in [0.5, 0.6) is 0 Å². The fourth-order valence-electron chi connectivity index (χ4n) is 2.77. The Balaban J connectivity index is 1.83. The van der Waals surface area contributed by atoms with Crippen molar-refractivity contribution in [2.24, 2.45) is 0 Å². The maximum atomic E-state index is 12.1. The molecular formula is C12H21N3O3. The summed E-state index contributed by atoms with van der Waals surface area (Å²) in [4.78, 5) is 28.4. The van der Waals surface area contributed by atoms with Crippen molar-refractivity contribution >= 4 is 12.0 Å². The zero-order valence-electron chi connectivity index (χ0n) is 10.8. The van der Waals surface area contributed by atoms with Gasteiger partial charge in [-0.05, 0) is 19.4 Å². The third kappa shape index (κ3) is 2.93. The Hall–Kier alpha value is -1.30. The van der Waals surface area contributed by atoms with E-state index in [-0.39, 0.29) is 19.0 Å². The molecule has 0 aliphatic carbocycles. The minimum Gasteiger partial charge on any atom is -0.481 e. The van der Waals surface area contributed by atoms with Crippen molar-refractivity contribution in [3.63, 3.8) is 0 Å². The van der Waals surface area contributed by atoms with Crippen LogP contribution in [-0.2, 0) is 4.79 Å². The number of carbonyl (C=O) groups excluding carboxylic acids is 1. The van der Waals surface area contributed by atoms with E-state index in [1.165, 1.54) is 17.7 Å². The monoisotopic (exact) mass is 255 g/mol. The number of rotatable bonds is 3. The zero-order valence-corrected chi connectivity index (χ0v) is 10.8. The van der Waals surface area contributed by atoms with Gasteiger partial charge in [-0.25, -0.2) is 4.79 Å². The van der Waals surface area contributed by atoms with E-state index in [0.717, 1.165) is 26.2 Å². The summed E-state index contributed by atoms with van der Waals surface area (Å²) in [7, 11) is 1.67. The first-order valence-electron chi connectivity index (χ1n) is 6.54. The van der Waals surface area contributed by atoms with Crippen LogP contribution in [0.1, 0.15) is 19.3 Å². The fourth-order valence-corrected chi connectivity index (χ4v) is 2.77. The van der Waals surface area contributed by atoms with E-state index in [2.05, 4.69) is 4.90 Å². The van der Waals surface area contributed by atoms with Crippen molar-refractivity contribution in [3.05, 3.63) is 0 Å². The Morgan fingerprint density at radius 1 is 1.33 bits per heavy atom. The summed E-state index contributed by atoms with van der Waals surface area (Å²) >= 11 is 0. The molecule has 6 heteroatoms. The Bertz CT molecular complexity index is 335. The molecule has 18 heavy (non-hydrogen) atoms. The quantitative estimate of drug-likeness (QED) is 0.787. The number of hydrogen-bond acceptors (Lipinski definition) is 3. The molecular weight excluding hydrogens is 234 g/mol. The Morgan fingerprint density at radius 2 is 2.11 bits per heavy atom. The average Bonchev–Trinajstić information content (AvgIpc) is 2.81. The van der Waals surface area contributed by atoms with Gasteiger partial charge in [-0.2, -0.15) is 0 Å². The van der Waals surface area contributed by atoms with E-state index in [0.29, 0.717) is 6.04 Å². The smallest absolute Gasteiger partial charge is 0.319 e. The molecule has 2 rings (SSSR count). The summed E-state index contributed by atoms with van der Waals surface area (Å²) in [6, 6.07) is 0.471. The summed E-state index contributed by atoms with van der Waals surface area (Å²) in [5.74, 6) is -0.865. The van der Waals surface area contributed by atoms with E-state index in [1.54, 1.807) is 7.05 Å². The highest BCUT2D eigenvalue weighted by molar-refractivity contribution is 5.75. The lowest BCUT2D eigenvalue weighted by Crippen LogP contribution is -2.54. The standard InChI is InChI=1S/C12H21N3O3/c1-13(6-4-11(16)17)12(18)15-8-7-14-5-2-3-10(14)9-15/h10H,2-9H2,1H3,(H,16,17). The second-order valence-electron chi connectivity index (χ2n) is 5.13. The molecule has 0 radical (unpaired) electrons. The number of carbonyl (C=O) groups is 2.